The van der Waals surface area contributed by atoms with E-state index in [1.54, 1.807) is 14.0 Å². The van der Waals surface area contributed by atoms with E-state index in [0.29, 0.717) is 28.9 Å². The molecule has 0 unspecified atom stereocenters. The van der Waals surface area contributed by atoms with Crippen LogP contribution in [0.2, 0.25) is 0 Å². The Kier molecular flexibility index (Phi) is 3.94. The summed E-state index contributed by atoms with van der Waals surface area (Å²) in [5.74, 6) is 1.76. The van der Waals surface area contributed by atoms with Crippen LogP contribution in [0.25, 0.3) is 0 Å². The first-order valence-electron chi connectivity index (χ1n) is 6.58. The van der Waals surface area contributed by atoms with Gasteiger partial charge in [0.05, 0.1) is 7.11 Å². The number of hydrogen-bond donors (Lipinski definition) is 1. The summed E-state index contributed by atoms with van der Waals surface area (Å²) in [5, 5.41) is 3.09. The summed E-state index contributed by atoms with van der Waals surface area (Å²) in [7, 11) is 1.56. The third-order valence-electron chi connectivity index (χ3n) is 3.58. The van der Waals surface area contributed by atoms with Crippen LogP contribution in [0.4, 0.5) is 0 Å². The zero-order valence-corrected chi connectivity index (χ0v) is 11.3. The van der Waals surface area contributed by atoms with Crippen LogP contribution in [0.5, 0.6) is 5.75 Å². The van der Waals surface area contributed by atoms with Crippen molar-refractivity contribution in [3.05, 3.63) is 17.1 Å². The first kappa shape index (κ1) is 13.0. The highest BCUT2D eigenvalue weighted by molar-refractivity contribution is 5.98. The smallest absolute Gasteiger partial charge is 0.258 e. The van der Waals surface area contributed by atoms with E-state index in [0.717, 1.165) is 12.8 Å². The summed E-state index contributed by atoms with van der Waals surface area (Å²) in [4.78, 5) is 12.3. The van der Waals surface area contributed by atoms with Crippen molar-refractivity contribution in [2.24, 2.45) is 0 Å². The van der Waals surface area contributed by atoms with Crippen LogP contribution in [0, 0.1) is 13.8 Å². The number of furan rings is 1. The van der Waals surface area contributed by atoms with Crippen LogP contribution in [0.3, 0.4) is 0 Å². The van der Waals surface area contributed by atoms with E-state index in [1.165, 1.54) is 19.3 Å². The topological polar surface area (TPSA) is 51.5 Å². The fourth-order valence-electron chi connectivity index (χ4n) is 2.68. The first-order chi connectivity index (χ1) is 8.63. The van der Waals surface area contributed by atoms with E-state index >= 15 is 0 Å². The van der Waals surface area contributed by atoms with E-state index in [9.17, 15) is 4.79 Å². The molecule has 1 saturated carbocycles. The molecule has 1 aliphatic rings. The van der Waals surface area contributed by atoms with Gasteiger partial charge in [-0.05, 0) is 26.7 Å². The van der Waals surface area contributed by atoms with Crippen LogP contribution < -0.4 is 10.1 Å². The maximum atomic E-state index is 12.3. The summed E-state index contributed by atoms with van der Waals surface area (Å²) in [6.45, 7) is 3.61. The highest BCUT2D eigenvalue weighted by Crippen LogP contribution is 2.29. The summed E-state index contributed by atoms with van der Waals surface area (Å²) in [6, 6.07) is 0.297. The van der Waals surface area contributed by atoms with Crippen molar-refractivity contribution in [1.82, 2.24) is 5.32 Å². The van der Waals surface area contributed by atoms with Crippen molar-refractivity contribution in [2.75, 3.05) is 7.11 Å². The fraction of sp³-hybridized carbons (Fsp3) is 0.643. The Labute approximate surface area is 108 Å². The van der Waals surface area contributed by atoms with Gasteiger partial charge in [0.2, 0.25) is 0 Å². The molecule has 100 valence electrons. The minimum atomic E-state index is -0.0758. The summed E-state index contributed by atoms with van der Waals surface area (Å²) < 4.78 is 10.7. The van der Waals surface area contributed by atoms with Gasteiger partial charge in [0.15, 0.2) is 5.75 Å². The third kappa shape index (κ3) is 2.52. The second kappa shape index (κ2) is 5.46. The van der Waals surface area contributed by atoms with Crippen molar-refractivity contribution in [2.45, 2.75) is 52.0 Å². The van der Waals surface area contributed by atoms with Gasteiger partial charge in [0, 0.05) is 6.04 Å². The number of rotatable bonds is 3. The maximum absolute atomic E-state index is 12.3. The molecular formula is C14H21NO3. The second-order valence-corrected chi connectivity index (χ2v) is 4.93. The number of amides is 1. The molecule has 0 aromatic carbocycles. The molecule has 2 rings (SSSR count). The highest BCUT2D eigenvalue weighted by Gasteiger charge is 2.24. The van der Waals surface area contributed by atoms with Crippen molar-refractivity contribution in [3.63, 3.8) is 0 Å². The van der Waals surface area contributed by atoms with Crippen molar-refractivity contribution < 1.29 is 13.9 Å². The van der Waals surface area contributed by atoms with Gasteiger partial charge in [-0.15, -0.1) is 0 Å². The number of carbonyl (C=O) groups is 1. The molecule has 1 aromatic heterocycles. The van der Waals surface area contributed by atoms with Gasteiger partial charge in [-0.3, -0.25) is 4.79 Å². The number of ether oxygens (including phenoxy) is 1. The number of aryl methyl sites for hydroxylation is 2. The molecule has 18 heavy (non-hydrogen) atoms. The molecule has 1 aliphatic carbocycles. The molecule has 1 N–H and O–H groups in total. The Balaban J connectivity index is 2.12. The Hall–Kier alpha value is -1.45. The minimum absolute atomic E-state index is 0.0758. The lowest BCUT2D eigenvalue weighted by Gasteiger charge is -2.22. The molecule has 0 bridgehead atoms. The predicted octanol–water partition coefficient (Wildman–Crippen LogP) is 2.97. The van der Waals surface area contributed by atoms with Gasteiger partial charge < -0.3 is 14.5 Å². The van der Waals surface area contributed by atoms with Gasteiger partial charge in [-0.25, -0.2) is 0 Å². The van der Waals surface area contributed by atoms with Crippen LogP contribution in [-0.2, 0) is 0 Å². The number of carbonyl (C=O) groups excluding carboxylic acids is 1. The first-order valence-corrected chi connectivity index (χ1v) is 6.58. The Morgan fingerprint density at radius 1 is 1.22 bits per heavy atom. The summed E-state index contributed by atoms with van der Waals surface area (Å²) in [6.07, 6.45) is 5.82. The van der Waals surface area contributed by atoms with E-state index in [4.69, 9.17) is 9.15 Å². The molecule has 0 saturated heterocycles. The molecule has 1 heterocycles. The van der Waals surface area contributed by atoms with Crippen molar-refractivity contribution >= 4 is 5.91 Å². The van der Waals surface area contributed by atoms with Crippen LogP contribution in [-0.4, -0.2) is 19.1 Å². The van der Waals surface area contributed by atoms with E-state index in [-0.39, 0.29) is 5.91 Å². The molecule has 0 atom stereocenters. The van der Waals surface area contributed by atoms with Crippen molar-refractivity contribution in [3.8, 4) is 5.75 Å². The van der Waals surface area contributed by atoms with E-state index < -0.39 is 0 Å². The number of methoxy groups -OCH3 is 1. The van der Waals surface area contributed by atoms with Gasteiger partial charge in [-0.2, -0.15) is 0 Å². The van der Waals surface area contributed by atoms with Crippen molar-refractivity contribution in [1.29, 1.82) is 0 Å². The Morgan fingerprint density at radius 2 is 1.89 bits per heavy atom. The van der Waals surface area contributed by atoms with Crippen LogP contribution in [0.15, 0.2) is 4.42 Å². The molecule has 1 fully saturated rings. The molecule has 4 nitrogen and oxygen atoms in total. The zero-order chi connectivity index (χ0) is 13.1. The lowest BCUT2D eigenvalue weighted by Crippen LogP contribution is -2.36. The van der Waals surface area contributed by atoms with Crippen LogP contribution in [0.1, 0.15) is 54.0 Å². The summed E-state index contributed by atoms with van der Waals surface area (Å²) in [5.41, 5.74) is 0.542. The zero-order valence-electron chi connectivity index (χ0n) is 11.3. The molecule has 0 aliphatic heterocycles. The minimum Gasteiger partial charge on any atom is -0.492 e. The number of nitrogens with one attached hydrogen (secondary N) is 1. The van der Waals surface area contributed by atoms with Gasteiger partial charge in [0.1, 0.15) is 17.1 Å². The second-order valence-electron chi connectivity index (χ2n) is 4.93. The van der Waals surface area contributed by atoms with Gasteiger partial charge in [0.25, 0.3) is 5.91 Å². The van der Waals surface area contributed by atoms with Gasteiger partial charge in [-0.1, -0.05) is 19.3 Å². The fourth-order valence-corrected chi connectivity index (χ4v) is 2.68. The van der Waals surface area contributed by atoms with Gasteiger partial charge >= 0.3 is 0 Å². The normalized spacial score (nSPS) is 16.6. The molecule has 0 spiro atoms. The number of hydrogen-bond acceptors (Lipinski definition) is 3. The predicted molar refractivity (Wildman–Crippen MR) is 69.1 cm³/mol. The molecule has 1 aromatic rings. The molecule has 1 amide bonds. The maximum Gasteiger partial charge on any atom is 0.258 e. The summed E-state index contributed by atoms with van der Waals surface area (Å²) >= 11 is 0. The molecule has 0 radical (unpaired) electrons. The third-order valence-corrected chi connectivity index (χ3v) is 3.58. The van der Waals surface area contributed by atoms with Crippen LogP contribution >= 0.6 is 0 Å². The van der Waals surface area contributed by atoms with E-state index in [2.05, 4.69) is 5.32 Å². The molecular weight excluding hydrogens is 230 g/mol. The average Bonchev–Trinajstić information content (AvgIpc) is 2.64. The Morgan fingerprint density at radius 3 is 2.50 bits per heavy atom. The highest BCUT2D eigenvalue weighted by atomic mass is 16.5. The quantitative estimate of drug-likeness (QED) is 0.898. The monoisotopic (exact) mass is 251 g/mol. The SMILES string of the molecule is COc1c(C)oc(C)c1C(=O)NC1CCCCC1. The standard InChI is InChI=1S/C14H21NO3/c1-9-12(13(17-3)10(2)18-9)14(16)15-11-7-5-4-6-8-11/h11H,4-8H2,1-3H3,(H,15,16). The van der Waals surface area contributed by atoms with E-state index in [1.807, 2.05) is 6.92 Å². The largest absolute Gasteiger partial charge is 0.492 e. The Bertz CT molecular complexity index is 430. The molecule has 4 heteroatoms. The lowest BCUT2D eigenvalue weighted by molar-refractivity contribution is 0.0923. The average molecular weight is 251 g/mol. The lowest BCUT2D eigenvalue weighted by atomic mass is 9.95.